The van der Waals surface area contributed by atoms with Gasteiger partial charge >= 0.3 is 0 Å². The van der Waals surface area contributed by atoms with Gasteiger partial charge in [-0.15, -0.1) is 0 Å². The summed E-state index contributed by atoms with van der Waals surface area (Å²) in [6.45, 7) is 0. The van der Waals surface area contributed by atoms with Gasteiger partial charge in [0, 0.05) is 15.4 Å². The predicted octanol–water partition coefficient (Wildman–Crippen LogP) is 2.86. The second-order valence-corrected chi connectivity index (χ2v) is 5.28. The van der Waals surface area contributed by atoms with E-state index in [-0.39, 0.29) is 11.7 Å². The molecule has 98 valence electrons. The van der Waals surface area contributed by atoms with Crippen LogP contribution in [0.5, 0.6) is 0 Å². The van der Waals surface area contributed by atoms with Gasteiger partial charge in [0.05, 0.1) is 11.3 Å². The van der Waals surface area contributed by atoms with E-state index in [9.17, 15) is 4.79 Å². The topological polar surface area (TPSA) is 87.7 Å². The molecule has 0 spiro atoms. The molecule has 0 saturated heterocycles. The van der Waals surface area contributed by atoms with E-state index < -0.39 is 0 Å². The van der Waals surface area contributed by atoms with Crippen molar-refractivity contribution in [3.63, 3.8) is 0 Å². The molecule has 0 saturated carbocycles. The fourth-order valence-corrected chi connectivity index (χ4v) is 2.54. The molecule has 1 aromatic carbocycles. The average molecular weight is 340 g/mol. The second-order valence-electron chi connectivity index (χ2n) is 3.65. The number of hydrogen-bond donors (Lipinski definition) is 3. The molecule has 1 amide bonds. The molecule has 0 bridgehead atoms. The van der Waals surface area contributed by atoms with Crippen molar-refractivity contribution in [1.29, 1.82) is 0 Å². The number of nitrogens with one attached hydrogen (secondary N) is 1. The number of benzene rings is 1. The van der Waals surface area contributed by atoms with Crippen LogP contribution < -0.4 is 11.1 Å². The number of carbonyl (C=O) groups is 1. The molecule has 1 aromatic heterocycles. The summed E-state index contributed by atoms with van der Waals surface area (Å²) in [5.74, 6) is -0.171. The first-order valence-corrected chi connectivity index (χ1v) is 6.96. The number of amides is 1. The van der Waals surface area contributed by atoms with Crippen LogP contribution >= 0.6 is 27.3 Å². The lowest BCUT2D eigenvalue weighted by Crippen LogP contribution is -2.14. The summed E-state index contributed by atoms with van der Waals surface area (Å²) in [5.41, 5.74) is 7.27. The first-order valence-electron chi connectivity index (χ1n) is 5.23. The van der Waals surface area contributed by atoms with Crippen molar-refractivity contribution in [2.75, 3.05) is 5.32 Å². The molecule has 0 aliphatic rings. The monoisotopic (exact) mass is 339 g/mol. The minimum Gasteiger partial charge on any atom is -0.409 e. The first kappa shape index (κ1) is 13.6. The highest BCUT2D eigenvalue weighted by atomic mass is 79.9. The van der Waals surface area contributed by atoms with Crippen molar-refractivity contribution in [2.24, 2.45) is 10.9 Å². The van der Waals surface area contributed by atoms with Gasteiger partial charge in [-0.1, -0.05) is 5.16 Å². The predicted molar refractivity (Wildman–Crippen MR) is 78.9 cm³/mol. The fraction of sp³-hybridized carbons (Fsp3) is 0. The summed E-state index contributed by atoms with van der Waals surface area (Å²) in [6.07, 6.45) is 0. The van der Waals surface area contributed by atoms with Crippen molar-refractivity contribution >= 4 is 44.7 Å². The van der Waals surface area contributed by atoms with E-state index in [1.165, 1.54) is 11.3 Å². The molecular formula is C12H10BrN3O2S. The van der Waals surface area contributed by atoms with Crippen LogP contribution in [-0.2, 0) is 0 Å². The first-order chi connectivity index (χ1) is 9.11. The van der Waals surface area contributed by atoms with Gasteiger partial charge in [0.15, 0.2) is 5.84 Å². The van der Waals surface area contributed by atoms with Crippen LogP contribution in [0.25, 0.3) is 0 Å². The number of thiophene rings is 1. The van der Waals surface area contributed by atoms with Crippen molar-refractivity contribution in [1.82, 2.24) is 0 Å². The Hall–Kier alpha value is -1.86. The summed E-state index contributed by atoms with van der Waals surface area (Å²) in [4.78, 5) is 11.9. The maximum atomic E-state index is 11.9. The molecule has 0 radical (unpaired) electrons. The van der Waals surface area contributed by atoms with Crippen molar-refractivity contribution < 1.29 is 10.0 Å². The van der Waals surface area contributed by atoms with E-state index in [1.807, 2.05) is 5.38 Å². The number of amidine groups is 1. The summed E-state index contributed by atoms with van der Waals surface area (Å²) in [7, 11) is 0. The van der Waals surface area contributed by atoms with E-state index in [4.69, 9.17) is 10.9 Å². The minimum absolute atomic E-state index is 0.0106. The van der Waals surface area contributed by atoms with Gasteiger partial charge in [-0.3, -0.25) is 4.79 Å². The van der Waals surface area contributed by atoms with Crippen molar-refractivity contribution in [3.05, 3.63) is 50.6 Å². The van der Waals surface area contributed by atoms with Gasteiger partial charge in [0.2, 0.25) is 0 Å². The third-order valence-electron chi connectivity index (χ3n) is 2.40. The standard InChI is InChI=1S/C12H10BrN3O2S/c13-9-5-7(11(14)16-18)1-2-10(9)15-12(17)8-3-4-19-6-8/h1-6,18H,(H2,14,16)(H,15,17). The van der Waals surface area contributed by atoms with Crippen molar-refractivity contribution in [3.8, 4) is 0 Å². The highest BCUT2D eigenvalue weighted by molar-refractivity contribution is 9.10. The summed E-state index contributed by atoms with van der Waals surface area (Å²) < 4.78 is 0.653. The Morgan fingerprint density at radius 1 is 1.37 bits per heavy atom. The number of nitrogens with two attached hydrogens (primary N) is 1. The Labute approximate surface area is 121 Å². The number of rotatable bonds is 3. The molecule has 19 heavy (non-hydrogen) atoms. The van der Waals surface area contributed by atoms with Crippen LogP contribution in [-0.4, -0.2) is 17.0 Å². The number of halogens is 1. The van der Waals surface area contributed by atoms with Gasteiger partial charge in [0.1, 0.15) is 0 Å². The quantitative estimate of drug-likeness (QED) is 0.347. The number of carbonyl (C=O) groups excluding carboxylic acids is 1. The molecule has 5 nitrogen and oxygen atoms in total. The summed E-state index contributed by atoms with van der Waals surface area (Å²) in [6, 6.07) is 6.75. The van der Waals surface area contributed by atoms with Crippen LogP contribution in [0.3, 0.4) is 0 Å². The van der Waals surface area contributed by atoms with Gasteiger partial charge < -0.3 is 16.3 Å². The molecule has 0 atom stereocenters. The number of oxime groups is 1. The highest BCUT2D eigenvalue weighted by Gasteiger charge is 2.10. The zero-order valence-corrected chi connectivity index (χ0v) is 12.0. The lowest BCUT2D eigenvalue weighted by atomic mass is 10.2. The molecule has 0 fully saturated rings. The third kappa shape index (κ3) is 3.12. The van der Waals surface area contributed by atoms with E-state index in [2.05, 4.69) is 26.4 Å². The lowest BCUT2D eigenvalue weighted by molar-refractivity contribution is 0.102. The zero-order chi connectivity index (χ0) is 13.8. The minimum atomic E-state index is -0.182. The van der Waals surface area contributed by atoms with Crippen LogP contribution in [0.4, 0.5) is 5.69 Å². The van der Waals surface area contributed by atoms with E-state index >= 15 is 0 Å². The molecule has 0 unspecified atom stereocenters. The normalized spacial score (nSPS) is 11.3. The molecule has 7 heteroatoms. The largest absolute Gasteiger partial charge is 0.409 e. The Kier molecular flexibility index (Phi) is 4.18. The Bertz CT molecular complexity index is 626. The molecular weight excluding hydrogens is 330 g/mol. The number of hydrogen-bond acceptors (Lipinski definition) is 4. The van der Waals surface area contributed by atoms with Crippen LogP contribution in [0.1, 0.15) is 15.9 Å². The second kappa shape index (κ2) is 5.85. The van der Waals surface area contributed by atoms with Gasteiger partial charge in [0.25, 0.3) is 5.91 Å². The van der Waals surface area contributed by atoms with E-state index in [0.717, 1.165) is 0 Å². The SMILES string of the molecule is N/C(=N/O)c1ccc(NC(=O)c2ccsc2)c(Br)c1. The van der Waals surface area contributed by atoms with Gasteiger partial charge in [-0.05, 0) is 45.6 Å². The number of anilines is 1. The van der Waals surface area contributed by atoms with Gasteiger partial charge in [-0.2, -0.15) is 11.3 Å². The lowest BCUT2D eigenvalue weighted by Gasteiger charge is -2.08. The Morgan fingerprint density at radius 2 is 2.16 bits per heavy atom. The molecule has 2 rings (SSSR count). The Morgan fingerprint density at radius 3 is 2.74 bits per heavy atom. The smallest absolute Gasteiger partial charge is 0.256 e. The van der Waals surface area contributed by atoms with E-state index in [0.29, 0.717) is 21.3 Å². The average Bonchev–Trinajstić information content (AvgIpc) is 2.94. The van der Waals surface area contributed by atoms with Crippen LogP contribution in [0, 0.1) is 0 Å². The zero-order valence-electron chi connectivity index (χ0n) is 9.63. The summed E-state index contributed by atoms with van der Waals surface area (Å²) >= 11 is 4.79. The maximum absolute atomic E-state index is 11.9. The molecule has 2 aromatic rings. The molecule has 0 aliphatic carbocycles. The highest BCUT2D eigenvalue weighted by Crippen LogP contribution is 2.24. The molecule has 1 heterocycles. The maximum Gasteiger partial charge on any atom is 0.256 e. The fourth-order valence-electron chi connectivity index (χ4n) is 1.42. The van der Waals surface area contributed by atoms with E-state index in [1.54, 1.807) is 29.6 Å². The van der Waals surface area contributed by atoms with Crippen LogP contribution in [0.2, 0.25) is 0 Å². The molecule has 4 N–H and O–H groups in total. The molecule has 0 aliphatic heterocycles. The number of nitrogens with zero attached hydrogens (tertiary/aromatic N) is 1. The van der Waals surface area contributed by atoms with Gasteiger partial charge in [-0.25, -0.2) is 0 Å². The summed E-state index contributed by atoms with van der Waals surface area (Å²) in [5, 5.41) is 17.9. The third-order valence-corrected chi connectivity index (χ3v) is 3.74. The van der Waals surface area contributed by atoms with Crippen molar-refractivity contribution in [2.45, 2.75) is 0 Å². The Balaban J connectivity index is 2.20. The van der Waals surface area contributed by atoms with Crippen LogP contribution in [0.15, 0.2) is 44.7 Å².